The monoisotopic (exact) mass is 330 g/mol. The minimum atomic E-state index is -0.810. The van der Waals surface area contributed by atoms with E-state index in [4.69, 9.17) is 16.0 Å². The first-order chi connectivity index (χ1) is 10.2. The Morgan fingerprint density at radius 3 is 2.14 bits per heavy atom. The molecule has 21 heavy (non-hydrogen) atoms. The van der Waals surface area contributed by atoms with Gasteiger partial charge >= 0.3 is 12.2 Å². The van der Waals surface area contributed by atoms with Gasteiger partial charge in [0.1, 0.15) is 17.9 Å². The van der Waals surface area contributed by atoms with Crippen LogP contribution in [-0.4, -0.2) is 53.2 Å². The van der Waals surface area contributed by atoms with Crippen LogP contribution in [0.25, 0.3) is 0 Å². The van der Waals surface area contributed by atoms with Gasteiger partial charge in [0, 0.05) is 6.54 Å². The van der Waals surface area contributed by atoms with E-state index >= 15 is 0 Å². The van der Waals surface area contributed by atoms with Gasteiger partial charge in [-0.05, 0) is 13.0 Å². The molecule has 4 radical (unpaired) electrons. The number of carbonyl (C=O) groups excluding carboxylic acids is 2. The Hall–Kier alpha value is -0.920. The van der Waals surface area contributed by atoms with Gasteiger partial charge in [0.2, 0.25) is 5.96 Å². The van der Waals surface area contributed by atoms with Gasteiger partial charge in [0.05, 0.1) is 6.04 Å². The van der Waals surface area contributed by atoms with Crippen LogP contribution >= 0.6 is 17.9 Å². The predicted octanol–water partition coefficient (Wildman–Crippen LogP) is -1.48. The van der Waals surface area contributed by atoms with Crippen molar-refractivity contribution >= 4 is 52.0 Å². The van der Waals surface area contributed by atoms with Crippen LogP contribution in [0.3, 0.4) is 0 Å². The molecule has 1 fully saturated rings. The van der Waals surface area contributed by atoms with Gasteiger partial charge in [-0.25, -0.2) is 14.6 Å². The average molecular weight is 330 g/mol. The molecule has 0 aromatic carbocycles. The molecule has 0 spiro atoms. The molecule has 1 heterocycles. The summed E-state index contributed by atoms with van der Waals surface area (Å²) in [6, 6.07) is -0.0641. The van der Waals surface area contributed by atoms with Crippen molar-refractivity contribution in [3.05, 3.63) is 0 Å². The van der Waals surface area contributed by atoms with Gasteiger partial charge in [0.15, 0.2) is 16.0 Å². The van der Waals surface area contributed by atoms with E-state index in [0.29, 0.717) is 6.54 Å². The van der Waals surface area contributed by atoms with Gasteiger partial charge < -0.3 is 24.4 Å². The Morgan fingerprint density at radius 1 is 1.14 bits per heavy atom. The maximum Gasteiger partial charge on any atom is 0.417 e. The van der Waals surface area contributed by atoms with E-state index < -0.39 is 30.1 Å². The zero-order valence-electron chi connectivity index (χ0n) is 10.9. The lowest BCUT2D eigenvalue weighted by Gasteiger charge is -2.12. The molecule has 0 aromatic heterocycles. The molecule has 10 nitrogen and oxygen atoms in total. The fourth-order valence-corrected chi connectivity index (χ4v) is 1.83. The molecular weight excluding hydrogens is 316 g/mol. The van der Waals surface area contributed by atoms with Crippen molar-refractivity contribution in [3.8, 4) is 0 Å². The highest BCUT2D eigenvalue weighted by Gasteiger charge is 2.17. The molecule has 1 saturated heterocycles. The summed E-state index contributed by atoms with van der Waals surface area (Å²) < 4.78 is 9.34. The SMILES string of the molecule is [B]NPOC(=O)NC(=N[C@@H]1CCNC1)NC(=O)OPN[B]. The van der Waals surface area contributed by atoms with Crippen LogP contribution in [0.1, 0.15) is 6.42 Å². The quantitative estimate of drug-likeness (QED) is 0.180. The third-order valence-corrected chi connectivity index (χ3v) is 3.00. The molecule has 0 aliphatic carbocycles. The zero-order valence-corrected chi connectivity index (χ0v) is 12.9. The number of guanidine groups is 1. The average Bonchev–Trinajstić information content (AvgIpc) is 2.95. The standard InChI is InChI=1S/C7H14B2N6O4P2/c8-14-20-18-6(16)12-5(11-4-1-2-10-3-4)13-7(17)19-21-15-9/h4,10,14-15,20-21H,1-3H2,(H2,11,12,13,16,17)/t4-/m1/s1. The van der Waals surface area contributed by atoms with E-state index in [1.165, 1.54) is 0 Å². The van der Waals surface area contributed by atoms with Crippen molar-refractivity contribution in [1.82, 2.24) is 25.9 Å². The van der Waals surface area contributed by atoms with Crippen molar-refractivity contribution in [2.45, 2.75) is 12.5 Å². The number of nitrogens with one attached hydrogen (secondary N) is 5. The lowest BCUT2D eigenvalue weighted by Crippen LogP contribution is -2.44. The minimum absolute atomic E-state index is 0.0641. The molecule has 2 unspecified atom stereocenters. The van der Waals surface area contributed by atoms with Crippen LogP contribution in [0.4, 0.5) is 9.59 Å². The Balaban J connectivity index is 2.56. The molecule has 14 heteroatoms. The molecule has 3 atom stereocenters. The summed E-state index contributed by atoms with van der Waals surface area (Å²) in [5.41, 5.74) is 0. The highest BCUT2D eigenvalue weighted by Crippen LogP contribution is 2.06. The van der Waals surface area contributed by atoms with E-state index in [1.54, 1.807) is 0 Å². The molecule has 1 aliphatic heterocycles. The van der Waals surface area contributed by atoms with Crippen LogP contribution in [0.15, 0.2) is 4.99 Å². The van der Waals surface area contributed by atoms with Crippen molar-refractivity contribution in [1.29, 1.82) is 0 Å². The number of hydrogen-bond donors (Lipinski definition) is 5. The fourth-order valence-electron chi connectivity index (χ4n) is 1.42. The Morgan fingerprint density at radius 2 is 1.71 bits per heavy atom. The van der Waals surface area contributed by atoms with Gasteiger partial charge in [-0.2, -0.15) is 0 Å². The summed E-state index contributed by atoms with van der Waals surface area (Å²) in [6.07, 6.45) is -0.832. The highest BCUT2D eigenvalue weighted by molar-refractivity contribution is 7.32. The molecule has 0 aromatic rings. The topological polar surface area (TPSA) is 125 Å². The van der Waals surface area contributed by atoms with Crippen molar-refractivity contribution in [3.63, 3.8) is 0 Å². The molecule has 2 amide bonds. The fraction of sp³-hybridized carbons (Fsp3) is 0.571. The largest absolute Gasteiger partial charge is 0.417 e. The Kier molecular flexibility index (Phi) is 9.29. The number of hydrogen-bond acceptors (Lipinski definition) is 8. The summed E-state index contributed by atoms with van der Waals surface area (Å²) in [7, 11) is 9.13. The van der Waals surface area contributed by atoms with Crippen LogP contribution in [0.5, 0.6) is 0 Å². The number of carbonyl (C=O) groups is 2. The molecule has 1 rings (SSSR count). The van der Waals surface area contributed by atoms with Crippen LogP contribution in [0, 0.1) is 0 Å². The first kappa shape index (κ1) is 18.1. The van der Waals surface area contributed by atoms with Gasteiger partial charge in [0.25, 0.3) is 0 Å². The molecule has 0 bridgehead atoms. The molecule has 112 valence electrons. The second-order valence-corrected chi connectivity index (χ2v) is 5.04. The van der Waals surface area contributed by atoms with Gasteiger partial charge in [-0.3, -0.25) is 10.6 Å². The predicted molar refractivity (Wildman–Crippen MR) is 82.4 cm³/mol. The number of rotatable bonds is 5. The number of aliphatic imine (C=N–C) groups is 1. The van der Waals surface area contributed by atoms with Crippen molar-refractivity contribution in [2.75, 3.05) is 13.1 Å². The summed E-state index contributed by atoms with van der Waals surface area (Å²) in [5.74, 6) is -0.0673. The third-order valence-electron chi connectivity index (χ3n) is 2.19. The maximum absolute atomic E-state index is 11.4. The summed E-state index contributed by atoms with van der Waals surface area (Å²) in [4.78, 5) is 31.4. The maximum atomic E-state index is 11.4. The lowest BCUT2D eigenvalue weighted by molar-refractivity contribution is 0.209. The summed E-state index contributed by atoms with van der Waals surface area (Å²) >= 11 is 0. The van der Waals surface area contributed by atoms with Crippen LogP contribution < -0.4 is 25.9 Å². The summed E-state index contributed by atoms with van der Waals surface area (Å²) in [5, 5.41) is 7.70. The molecular formula is C7H14B2N6O4P2. The molecule has 5 N–H and O–H groups in total. The number of amides is 2. The van der Waals surface area contributed by atoms with Crippen LogP contribution in [0.2, 0.25) is 0 Å². The number of nitrogens with zero attached hydrogens (tertiary/aromatic N) is 1. The minimum Gasteiger partial charge on any atom is -0.416 e. The Labute approximate surface area is 128 Å². The zero-order chi connectivity index (χ0) is 15.5. The van der Waals surface area contributed by atoms with Gasteiger partial charge in [-0.1, -0.05) is 0 Å². The van der Waals surface area contributed by atoms with E-state index in [0.717, 1.165) is 13.0 Å². The molecule has 0 saturated carbocycles. The third kappa shape index (κ3) is 8.18. The summed E-state index contributed by atoms with van der Waals surface area (Å²) in [6.45, 7) is 1.46. The normalized spacial score (nSPS) is 18.0. The van der Waals surface area contributed by atoms with Crippen LogP contribution in [-0.2, 0) is 9.05 Å². The van der Waals surface area contributed by atoms with E-state index in [9.17, 15) is 9.59 Å². The van der Waals surface area contributed by atoms with Gasteiger partial charge in [-0.15, -0.1) is 0 Å². The first-order valence-corrected chi connectivity index (χ1v) is 7.62. The van der Waals surface area contributed by atoms with E-state index in [-0.39, 0.29) is 12.0 Å². The van der Waals surface area contributed by atoms with Crippen molar-refractivity contribution < 1.29 is 18.6 Å². The Bertz CT molecular complexity index is 360. The smallest absolute Gasteiger partial charge is 0.416 e. The second kappa shape index (κ2) is 10.8. The van der Waals surface area contributed by atoms with Crippen molar-refractivity contribution in [2.24, 2.45) is 4.99 Å². The first-order valence-electron chi connectivity index (χ1n) is 5.81. The van der Waals surface area contributed by atoms with E-state index in [1.807, 2.05) is 0 Å². The highest BCUT2D eigenvalue weighted by atomic mass is 31.1. The van der Waals surface area contributed by atoms with E-state index in [2.05, 4.69) is 40.0 Å². The molecule has 1 aliphatic rings. The lowest BCUT2D eigenvalue weighted by atomic mass is 10.3. The second-order valence-electron chi connectivity index (χ2n) is 3.65.